The van der Waals surface area contributed by atoms with E-state index in [-0.39, 0.29) is 5.56 Å². The predicted molar refractivity (Wildman–Crippen MR) is 82.9 cm³/mol. The monoisotopic (exact) mass is 317 g/mol. The van der Waals surface area contributed by atoms with Gasteiger partial charge in [0.25, 0.3) is 0 Å². The molecule has 0 saturated carbocycles. The second-order valence-corrected chi connectivity index (χ2v) is 5.38. The van der Waals surface area contributed by atoms with Crippen LogP contribution in [-0.2, 0) is 6.54 Å². The van der Waals surface area contributed by atoms with Crippen LogP contribution in [0.3, 0.4) is 0 Å². The third kappa shape index (κ3) is 2.63. The van der Waals surface area contributed by atoms with Gasteiger partial charge >= 0.3 is 0 Å². The fourth-order valence-corrected chi connectivity index (χ4v) is 2.75. The number of carbonyl (C=O) groups is 1. The number of rotatable bonds is 4. The number of aryl methyl sites for hydroxylation is 1. The standard InChI is InChI=1S/C18H14F3NO/c1-2-5-22-9-13(10-23)14-6-11(3-4-17(14)22)12-7-15(19)18(21)16(20)8-12/h3-4,6-10H,2,5H2,1H3. The summed E-state index contributed by atoms with van der Waals surface area (Å²) in [5.41, 5.74) is 2.13. The highest BCUT2D eigenvalue weighted by Crippen LogP contribution is 2.29. The third-order valence-corrected chi connectivity index (χ3v) is 3.82. The molecule has 3 aromatic rings. The van der Waals surface area contributed by atoms with Crippen molar-refractivity contribution in [2.45, 2.75) is 19.9 Å². The number of halogens is 3. The van der Waals surface area contributed by atoms with E-state index in [0.717, 1.165) is 36.9 Å². The van der Waals surface area contributed by atoms with E-state index in [1.807, 2.05) is 11.5 Å². The fourth-order valence-electron chi connectivity index (χ4n) is 2.75. The van der Waals surface area contributed by atoms with E-state index < -0.39 is 17.5 Å². The van der Waals surface area contributed by atoms with Crippen LogP contribution in [0.2, 0.25) is 0 Å². The van der Waals surface area contributed by atoms with E-state index in [1.54, 1.807) is 24.4 Å². The molecular formula is C18H14F3NO. The molecule has 3 rings (SSSR count). The van der Waals surface area contributed by atoms with Gasteiger partial charge in [-0.1, -0.05) is 13.0 Å². The first-order chi connectivity index (χ1) is 11.0. The topological polar surface area (TPSA) is 22.0 Å². The summed E-state index contributed by atoms with van der Waals surface area (Å²) in [4.78, 5) is 11.3. The Hall–Kier alpha value is -2.56. The van der Waals surface area contributed by atoms with Crippen molar-refractivity contribution in [3.8, 4) is 11.1 Å². The summed E-state index contributed by atoms with van der Waals surface area (Å²) in [7, 11) is 0. The molecule has 0 bridgehead atoms. The first-order valence-electron chi connectivity index (χ1n) is 7.28. The third-order valence-electron chi connectivity index (χ3n) is 3.82. The molecule has 0 radical (unpaired) electrons. The van der Waals surface area contributed by atoms with Crippen molar-refractivity contribution in [1.29, 1.82) is 0 Å². The van der Waals surface area contributed by atoms with E-state index >= 15 is 0 Å². The number of benzene rings is 2. The summed E-state index contributed by atoms with van der Waals surface area (Å²) in [6.45, 7) is 2.80. The van der Waals surface area contributed by atoms with Crippen LogP contribution in [0, 0.1) is 17.5 Å². The maximum atomic E-state index is 13.4. The van der Waals surface area contributed by atoms with Gasteiger partial charge in [-0.25, -0.2) is 13.2 Å². The first-order valence-corrected chi connectivity index (χ1v) is 7.28. The molecule has 1 heterocycles. The molecule has 0 unspecified atom stereocenters. The summed E-state index contributed by atoms with van der Waals surface area (Å²) in [5, 5.41) is 0.705. The smallest absolute Gasteiger partial charge is 0.194 e. The molecule has 2 nitrogen and oxygen atoms in total. The number of fused-ring (bicyclic) bond motifs is 1. The predicted octanol–water partition coefficient (Wildman–Crippen LogP) is 4.95. The molecule has 23 heavy (non-hydrogen) atoms. The van der Waals surface area contributed by atoms with Gasteiger partial charge in [-0.3, -0.25) is 4.79 Å². The van der Waals surface area contributed by atoms with Crippen LogP contribution in [-0.4, -0.2) is 10.9 Å². The minimum atomic E-state index is -1.49. The molecular weight excluding hydrogens is 303 g/mol. The number of aldehydes is 1. The van der Waals surface area contributed by atoms with Gasteiger partial charge in [-0.2, -0.15) is 0 Å². The van der Waals surface area contributed by atoms with Crippen LogP contribution in [0.15, 0.2) is 36.5 Å². The highest BCUT2D eigenvalue weighted by atomic mass is 19.2. The van der Waals surface area contributed by atoms with E-state index in [2.05, 4.69) is 0 Å². The average molecular weight is 317 g/mol. The van der Waals surface area contributed by atoms with Crippen molar-refractivity contribution in [3.05, 3.63) is 59.5 Å². The van der Waals surface area contributed by atoms with Crippen molar-refractivity contribution >= 4 is 17.2 Å². The molecule has 118 valence electrons. The zero-order valence-electron chi connectivity index (χ0n) is 12.4. The number of carbonyl (C=O) groups excluding carboxylic acids is 1. The lowest BCUT2D eigenvalue weighted by Crippen LogP contribution is -1.94. The SMILES string of the molecule is CCCn1cc(C=O)c2cc(-c3cc(F)c(F)c(F)c3)ccc21. The van der Waals surface area contributed by atoms with Crippen LogP contribution >= 0.6 is 0 Å². The maximum Gasteiger partial charge on any atom is 0.194 e. The maximum absolute atomic E-state index is 13.4. The molecule has 0 aliphatic carbocycles. The highest BCUT2D eigenvalue weighted by Gasteiger charge is 2.13. The molecule has 0 atom stereocenters. The molecule has 0 fully saturated rings. The van der Waals surface area contributed by atoms with Gasteiger partial charge in [0.15, 0.2) is 23.7 Å². The van der Waals surface area contributed by atoms with E-state index in [1.165, 1.54) is 0 Å². The number of hydrogen-bond acceptors (Lipinski definition) is 1. The van der Waals surface area contributed by atoms with Crippen molar-refractivity contribution in [1.82, 2.24) is 4.57 Å². The molecule has 0 spiro atoms. The number of aromatic nitrogens is 1. The average Bonchev–Trinajstić information content (AvgIpc) is 2.89. The van der Waals surface area contributed by atoms with Gasteiger partial charge in [0, 0.05) is 29.2 Å². The zero-order valence-corrected chi connectivity index (χ0v) is 12.4. The lowest BCUT2D eigenvalue weighted by atomic mass is 10.0. The normalized spacial score (nSPS) is 11.1. The summed E-state index contributed by atoms with van der Waals surface area (Å²) >= 11 is 0. The molecule has 0 amide bonds. The molecule has 2 aromatic carbocycles. The summed E-state index contributed by atoms with van der Waals surface area (Å²) in [5.74, 6) is -3.96. The van der Waals surface area contributed by atoms with Crippen molar-refractivity contribution < 1.29 is 18.0 Å². The minimum absolute atomic E-state index is 0.225. The van der Waals surface area contributed by atoms with Crippen LogP contribution in [0.1, 0.15) is 23.7 Å². The molecule has 1 aromatic heterocycles. The Kier molecular flexibility index (Phi) is 3.94. The second-order valence-electron chi connectivity index (χ2n) is 5.38. The van der Waals surface area contributed by atoms with Gasteiger partial charge < -0.3 is 4.57 Å². The quantitative estimate of drug-likeness (QED) is 0.493. The second kappa shape index (κ2) is 5.91. The van der Waals surface area contributed by atoms with Gasteiger partial charge in [0.1, 0.15) is 0 Å². The van der Waals surface area contributed by atoms with E-state index in [0.29, 0.717) is 16.5 Å². The lowest BCUT2D eigenvalue weighted by molar-refractivity contribution is 0.112. The van der Waals surface area contributed by atoms with Crippen LogP contribution in [0.5, 0.6) is 0 Å². The Morgan fingerprint density at radius 2 is 1.74 bits per heavy atom. The summed E-state index contributed by atoms with van der Waals surface area (Å²) in [6, 6.07) is 7.09. The molecule has 5 heteroatoms. The number of nitrogens with zero attached hydrogens (tertiary/aromatic N) is 1. The van der Waals surface area contributed by atoms with Crippen molar-refractivity contribution in [2.75, 3.05) is 0 Å². The van der Waals surface area contributed by atoms with Crippen LogP contribution in [0.4, 0.5) is 13.2 Å². The zero-order chi connectivity index (χ0) is 16.6. The summed E-state index contributed by atoms with van der Waals surface area (Å²) in [6.07, 6.45) is 3.43. The minimum Gasteiger partial charge on any atom is -0.347 e. The Bertz CT molecular complexity index is 876. The Morgan fingerprint density at radius 1 is 1.04 bits per heavy atom. The molecule has 0 saturated heterocycles. The van der Waals surface area contributed by atoms with Gasteiger partial charge in [0.2, 0.25) is 0 Å². The highest BCUT2D eigenvalue weighted by molar-refractivity contribution is 5.99. The van der Waals surface area contributed by atoms with Crippen LogP contribution in [0.25, 0.3) is 22.0 Å². The van der Waals surface area contributed by atoms with Gasteiger partial charge in [-0.05, 0) is 41.8 Å². The van der Waals surface area contributed by atoms with E-state index in [9.17, 15) is 18.0 Å². The lowest BCUT2D eigenvalue weighted by Gasteiger charge is -2.06. The van der Waals surface area contributed by atoms with E-state index in [4.69, 9.17) is 0 Å². The van der Waals surface area contributed by atoms with Gasteiger partial charge in [-0.15, -0.1) is 0 Å². The number of hydrogen-bond donors (Lipinski definition) is 0. The van der Waals surface area contributed by atoms with Crippen molar-refractivity contribution in [2.24, 2.45) is 0 Å². The Labute approximate surface area is 131 Å². The Balaban J connectivity index is 2.18. The molecule has 0 aliphatic rings. The molecule has 0 aliphatic heterocycles. The molecule has 0 N–H and O–H groups in total. The largest absolute Gasteiger partial charge is 0.347 e. The Morgan fingerprint density at radius 3 is 2.35 bits per heavy atom. The summed E-state index contributed by atoms with van der Waals surface area (Å²) < 4.78 is 41.9. The first kappa shape index (κ1) is 15.3. The van der Waals surface area contributed by atoms with Crippen molar-refractivity contribution in [3.63, 3.8) is 0 Å². The van der Waals surface area contributed by atoms with Crippen LogP contribution < -0.4 is 0 Å². The fraction of sp³-hybridized carbons (Fsp3) is 0.167. The van der Waals surface area contributed by atoms with Gasteiger partial charge in [0.05, 0.1) is 0 Å².